The molecule has 0 aliphatic heterocycles. The summed E-state index contributed by atoms with van der Waals surface area (Å²) >= 11 is 0. The number of hydrogen-bond donors (Lipinski definition) is 2. The van der Waals surface area contributed by atoms with Crippen LogP contribution >= 0.6 is 0 Å². The van der Waals surface area contributed by atoms with Crippen molar-refractivity contribution in [1.29, 1.82) is 0 Å². The fourth-order valence-corrected chi connectivity index (χ4v) is 2.82. The van der Waals surface area contributed by atoms with Crippen LogP contribution in [0, 0.1) is 5.82 Å². The Balaban J connectivity index is 1.59. The summed E-state index contributed by atoms with van der Waals surface area (Å²) in [5.74, 6) is -0.652. The number of rotatable bonds is 7. The van der Waals surface area contributed by atoms with Gasteiger partial charge < -0.3 is 15.5 Å². The number of hydrogen-bond acceptors (Lipinski definition) is 4. The maximum atomic E-state index is 13.5. The molecule has 0 fully saturated rings. The minimum Gasteiger partial charge on any atom is -0.385 e. The minimum absolute atomic E-state index is 0.278. The van der Waals surface area contributed by atoms with Crippen LogP contribution in [0.5, 0.6) is 0 Å². The first kappa shape index (κ1) is 19.4. The molecule has 2 aromatic carbocycles. The average Bonchev–Trinajstić information content (AvgIpc) is 2.70. The van der Waals surface area contributed by atoms with Gasteiger partial charge in [-0.25, -0.2) is 4.39 Å². The van der Waals surface area contributed by atoms with E-state index in [2.05, 4.69) is 15.6 Å². The highest BCUT2D eigenvalue weighted by atomic mass is 19.1. The van der Waals surface area contributed by atoms with Crippen LogP contribution < -0.4 is 15.5 Å². The van der Waals surface area contributed by atoms with Gasteiger partial charge in [0, 0.05) is 50.3 Å². The monoisotopic (exact) mass is 378 g/mol. The van der Waals surface area contributed by atoms with Gasteiger partial charge in [0.2, 0.25) is 0 Å². The molecule has 1 aromatic heterocycles. The van der Waals surface area contributed by atoms with E-state index in [0.29, 0.717) is 16.9 Å². The molecule has 0 aliphatic carbocycles. The highest BCUT2D eigenvalue weighted by Gasteiger charge is 2.14. The standard InChI is InChI=1S/C22H23FN4O/c1-27(2)21-15-16(23)6-11-20(21)22(28)26-19-9-7-18(8-10-19)25-14-12-17-5-3-4-13-24-17/h3-11,13,15,25H,12,14H2,1-2H3,(H,26,28). The number of nitrogens with one attached hydrogen (secondary N) is 2. The van der Waals surface area contributed by atoms with E-state index in [1.54, 1.807) is 25.2 Å². The second-order valence-corrected chi connectivity index (χ2v) is 6.59. The van der Waals surface area contributed by atoms with Crippen LogP contribution in [0.1, 0.15) is 16.1 Å². The van der Waals surface area contributed by atoms with Gasteiger partial charge in [0.15, 0.2) is 0 Å². The summed E-state index contributed by atoms with van der Waals surface area (Å²) in [6.07, 6.45) is 2.62. The Morgan fingerprint density at radius 2 is 1.79 bits per heavy atom. The Kier molecular flexibility index (Phi) is 6.22. The molecule has 1 heterocycles. The second-order valence-electron chi connectivity index (χ2n) is 6.59. The number of benzene rings is 2. The van der Waals surface area contributed by atoms with Crippen molar-refractivity contribution in [1.82, 2.24) is 4.98 Å². The van der Waals surface area contributed by atoms with E-state index in [9.17, 15) is 9.18 Å². The fourth-order valence-electron chi connectivity index (χ4n) is 2.82. The lowest BCUT2D eigenvalue weighted by molar-refractivity contribution is 0.102. The van der Waals surface area contributed by atoms with Gasteiger partial charge in [-0.1, -0.05) is 6.07 Å². The van der Waals surface area contributed by atoms with E-state index >= 15 is 0 Å². The van der Waals surface area contributed by atoms with Gasteiger partial charge in [-0.15, -0.1) is 0 Å². The Bertz CT molecular complexity index is 927. The van der Waals surface area contributed by atoms with E-state index in [0.717, 1.165) is 24.3 Å². The van der Waals surface area contributed by atoms with Crippen LogP contribution in [0.25, 0.3) is 0 Å². The molecule has 0 spiro atoms. The molecule has 3 aromatic rings. The zero-order valence-electron chi connectivity index (χ0n) is 15.9. The van der Waals surface area contributed by atoms with Gasteiger partial charge in [-0.3, -0.25) is 9.78 Å². The van der Waals surface area contributed by atoms with Gasteiger partial charge >= 0.3 is 0 Å². The van der Waals surface area contributed by atoms with Gasteiger partial charge in [-0.05, 0) is 54.6 Å². The van der Waals surface area contributed by atoms with Crippen molar-refractivity contribution in [2.45, 2.75) is 6.42 Å². The lowest BCUT2D eigenvalue weighted by Crippen LogP contribution is -2.18. The molecule has 0 saturated carbocycles. The summed E-state index contributed by atoms with van der Waals surface area (Å²) in [6.45, 7) is 0.768. The molecule has 3 rings (SSSR count). The number of pyridine rings is 1. The van der Waals surface area contributed by atoms with E-state index in [1.165, 1.54) is 18.2 Å². The topological polar surface area (TPSA) is 57.3 Å². The van der Waals surface area contributed by atoms with Gasteiger partial charge in [-0.2, -0.15) is 0 Å². The average molecular weight is 378 g/mol. The summed E-state index contributed by atoms with van der Waals surface area (Å²) in [7, 11) is 3.55. The van der Waals surface area contributed by atoms with Crippen LogP contribution in [0.3, 0.4) is 0 Å². The Hall–Kier alpha value is -3.41. The summed E-state index contributed by atoms with van der Waals surface area (Å²) in [6, 6.07) is 17.5. The number of carbonyl (C=O) groups excluding carboxylic acids is 1. The summed E-state index contributed by atoms with van der Waals surface area (Å²) in [5, 5.41) is 6.19. The Labute approximate surface area is 164 Å². The summed E-state index contributed by atoms with van der Waals surface area (Å²) in [5.41, 5.74) is 3.63. The zero-order chi connectivity index (χ0) is 19.9. The van der Waals surface area contributed by atoms with Crippen molar-refractivity contribution in [3.8, 4) is 0 Å². The molecule has 6 heteroatoms. The van der Waals surface area contributed by atoms with E-state index in [1.807, 2.05) is 42.5 Å². The molecule has 0 unspecified atom stereocenters. The quantitative estimate of drug-likeness (QED) is 0.647. The maximum absolute atomic E-state index is 13.5. The predicted molar refractivity (Wildman–Crippen MR) is 112 cm³/mol. The molecule has 2 N–H and O–H groups in total. The summed E-state index contributed by atoms with van der Waals surface area (Å²) in [4.78, 5) is 18.6. The van der Waals surface area contributed by atoms with Crippen molar-refractivity contribution in [3.63, 3.8) is 0 Å². The lowest BCUT2D eigenvalue weighted by Gasteiger charge is -2.17. The van der Waals surface area contributed by atoms with Crippen LogP contribution in [0.2, 0.25) is 0 Å². The minimum atomic E-state index is -0.374. The van der Waals surface area contributed by atoms with Crippen LogP contribution in [-0.2, 0) is 6.42 Å². The van der Waals surface area contributed by atoms with Crippen molar-refractivity contribution < 1.29 is 9.18 Å². The third-order valence-corrected chi connectivity index (χ3v) is 4.27. The first-order chi connectivity index (χ1) is 13.5. The van der Waals surface area contributed by atoms with Crippen molar-refractivity contribution in [3.05, 3.63) is 83.9 Å². The summed E-state index contributed by atoms with van der Waals surface area (Å²) < 4.78 is 13.5. The molecule has 0 bridgehead atoms. The molecular formula is C22H23FN4O. The molecule has 0 saturated heterocycles. The molecule has 0 aliphatic rings. The van der Waals surface area contributed by atoms with E-state index in [-0.39, 0.29) is 11.7 Å². The number of anilines is 3. The highest BCUT2D eigenvalue weighted by molar-refractivity contribution is 6.08. The van der Waals surface area contributed by atoms with Crippen LogP contribution in [0.15, 0.2) is 66.9 Å². The maximum Gasteiger partial charge on any atom is 0.257 e. The van der Waals surface area contributed by atoms with E-state index < -0.39 is 0 Å². The Morgan fingerprint density at radius 1 is 1.04 bits per heavy atom. The van der Waals surface area contributed by atoms with Crippen molar-refractivity contribution in [2.75, 3.05) is 36.2 Å². The number of aromatic nitrogens is 1. The normalized spacial score (nSPS) is 10.4. The van der Waals surface area contributed by atoms with Gasteiger partial charge in [0.25, 0.3) is 5.91 Å². The fraction of sp³-hybridized carbons (Fsp3) is 0.182. The highest BCUT2D eigenvalue weighted by Crippen LogP contribution is 2.22. The Morgan fingerprint density at radius 3 is 2.46 bits per heavy atom. The molecule has 28 heavy (non-hydrogen) atoms. The molecule has 1 amide bonds. The number of amides is 1. The van der Waals surface area contributed by atoms with Gasteiger partial charge in [0.05, 0.1) is 11.3 Å². The first-order valence-corrected chi connectivity index (χ1v) is 9.05. The third-order valence-electron chi connectivity index (χ3n) is 4.27. The van der Waals surface area contributed by atoms with Crippen LogP contribution in [0.4, 0.5) is 21.5 Å². The number of carbonyl (C=O) groups is 1. The first-order valence-electron chi connectivity index (χ1n) is 9.05. The number of nitrogens with zero attached hydrogens (tertiary/aromatic N) is 2. The zero-order valence-corrected chi connectivity index (χ0v) is 15.9. The third kappa shape index (κ3) is 5.07. The van der Waals surface area contributed by atoms with Crippen LogP contribution in [-0.4, -0.2) is 31.5 Å². The lowest BCUT2D eigenvalue weighted by atomic mass is 10.1. The van der Waals surface area contributed by atoms with Crippen molar-refractivity contribution in [2.24, 2.45) is 0 Å². The smallest absolute Gasteiger partial charge is 0.257 e. The second kappa shape index (κ2) is 8.99. The molecule has 5 nitrogen and oxygen atoms in total. The molecule has 0 atom stereocenters. The SMILES string of the molecule is CN(C)c1cc(F)ccc1C(=O)Nc1ccc(NCCc2ccccn2)cc1. The van der Waals surface area contributed by atoms with Gasteiger partial charge in [0.1, 0.15) is 5.82 Å². The molecular weight excluding hydrogens is 355 g/mol. The predicted octanol–water partition coefficient (Wildman–Crippen LogP) is 4.19. The van der Waals surface area contributed by atoms with Crippen molar-refractivity contribution >= 4 is 23.0 Å². The molecule has 0 radical (unpaired) electrons. The largest absolute Gasteiger partial charge is 0.385 e. The van der Waals surface area contributed by atoms with E-state index in [4.69, 9.17) is 0 Å². The number of halogens is 1. The molecule has 144 valence electrons.